The molecule has 0 unspecified atom stereocenters. The Morgan fingerprint density at radius 3 is 1.43 bits per heavy atom. The molecule has 8 heteroatoms. The van der Waals surface area contributed by atoms with Crippen molar-refractivity contribution < 1.29 is 38.0 Å². The molecule has 0 N–H and O–H groups in total. The first-order chi connectivity index (χ1) is 16.8. The number of carbonyl (C=O) groups excluding carboxylic acids is 2. The summed E-state index contributed by atoms with van der Waals surface area (Å²) in [5.41, 5.74) is -0.468. The van der Waals surface area contributed by atoms with Gasteiger partial charge in [-0.1, -0.05) is 58.3 Å². The Morgan fingerprint density at radius 2 is 0.943 bits per heavy atom. The number of hydrogen-bond acceptors (Lipinski definition) is 8. The second-order valence-corrected chi connectivity index (χ2v) is 9.58. The third kappa shape index (κ3) is 28.9. The van der Waals surface area contributed by atoms with Gasteiger partial charge in [-0.05, 0) is 27.2 Å². The molecular formula is C27H52O8. The topological polar surface area (TPSA) is 89.5 Å². The minimum absolute atomic E-state index is 0.140. The molecule has 0 aromatic heterocycles. The molecule has 0 saturated heterocycles. The molecule has 0 fully saturated rings. The fraction of sp³-hybridized carbons (Fsp3) is 0.926. The largest absolute Gasteiger partial charge is 0.463 e. The van der Waals surface area contributed by atoms with Crippen LogP contribution in [-0.2, 0) is 38.0 Å². The molecule has 0 atom stereocenters. The molecule has 0 aliphatic carbocycles. The first-order valence-electron chi connectivity index (χ1n) is 13.5. The van der Waals surface area contributed by atoms with Gasteiger partial charge in [-0.2, -0.15) is 0 Å². The van der Waals surface area contributed by atoms with E-state index in [0.717, 1.165) is 12.8 Å². The van der Waals surface area contributed by atoms with Gasteiger partial charge in [0, 0.05) is 6.42 Å². The molecule has 0 saturated carbocycles. The van der Waals surface area contributed by atoms with Crippen LogP contribution in [0.4, 0.5) is 0 Å². The van der Waals surface area contributed by atoms with E-state index >= 15 is 0 Å². The van der Waals surface area contributed by atoms with Crippen molar-refractivity contribution in [1.29, 1.82) is 0 Å². The average Bonchev–Trinajstić information content (AvgIpc) is 2.79. The SMILES string of the molecule is CCCCCCCCCCCC(=O)OCCOCCOCCOCCOCCC(=O)OC(C)(C)C. The second-order valence-electron chi connectivity index (χ2n) is 9.58. The predicted octanol–water partition coefficient (Wildman–Crippen LogP) is 5.25. The normalized spacial score (nSPS) is 11.5. The maximum absolute atomic E-state index is 11.7. The Hall–Kier alpha value is -1.22. The van der Waals surface area contributed by atoms with Crippen LogP contribution in [0.1, 0.15) is 98.3 Å². The standard InChI is InChI=1S/C27H52O8/c1-5-6-7-8-9-10-11-12-13-14-25(28)34-24-23-33-22-21-32-20-19-31-18-17-30-16-15-26(29)35-27(2,3)4/h5-24H2,1-4H3. The van der Waals surface area contributed by atoms with Gasteiger partial charge in [-0.3, -0.25) is 9.59 Å². The van der Waals surface area contributed by atoms with Crippen LogP contribution in [0.2, 0.25) is 0 Å². The first-order valence-corrected chi connectivity index (χ1v) is 13.5. The summed E-state index contributed by atoms with van der Waals surface area (Å²) in [6.45, 7) is 11.4. The van der Waals surface area contributed by atoms with Crippen molar-refractivity contribution in [2.75, 3.05) is 59.5 Å². The molecule has 35 heavy (non-hydrogen) atoms. The van der Waals surface area contributed by atoms with E-state index in [-0.39, 0.29) is 25.0 Å². The number of ether oxygens (including phenoxy) is 6. The van der Waals surface area contributed by atoms with Crippen molar-refractivity contribution >= 4 is 11.9 Å². The number of unbranched alkanes of at least 4 members (excludes halogenated alkanes) is 8. The zero-order chi connectivity index (χ0) is 26.0. The summed E-state index contributed by atoms with van der Waals surface area (Å²) in [6.07, 6.45) is 11.8. The van der Waals surface area contributed by atoms with Crippen LogP contribution in [0.5, 0.6) is 0 Å². The quantitative estimate of drug-likeness (QED) is 0.123. The minimum Gasteiger partial charge on any atom is -0.463 e. The summed E-state index contributed by atoms with van der Waals surface area (Å²) in [6, 6.07) is 0. The lowest BCUT2D eigenvalue weighted by atomic mass is 10.1. The molecule has 8 nitrogen and oxygen atoms in total. The molecule has 0 bridgehead atoms. The van der Waals surface area contributed by atoms with Crippen molar-refractivity contribution in [3.05, 3.63) is 0 Å². The Kier molecular flexibility index (Phi) is 23.6. The van der Waals surface area contributed by atoms with Crippen molar-refractivity contribution in [2.45, 2.75) is 104 Å². The van der Waals surface area contributed by atoms with Gasteiger partial charge in [0.25, 0.3) is 0 Å². The molecule has 0 aliphatic heterocycles. The summed E-state index contributed by atoms with van der Waals surface area (Å²) in [5.74, 6) is -0.403. The van der Waals surface area contributed by atoms with E-state index in [1.807, 2.05) is 20.8 Å². The summed E-state index contributed by atoms with van der Waals surface area (Å²) >= 11 is 0. The first kappa shape index (κ1) is 33.8. The molecule has 0 heterocycles. The summed E-state index contributed by atoms with van der Waals surface area (Å²) in [5, 5.41) is 0. The van der Waals surface area contributed by atoms with E-state index in [0.29, 0.717) is 59.3 Å². The molecule has 0 rings (SSSR count). The van der Waals surface area contributed by atoms with Gasteiger partial charge in [0.15, 0.2) is 0 Å². The fourth-order valence-electron chi connectivity index (χ4n) is 3.18. The third-order valence-corrected chi connectivity index (χ3v) is 4.96. The predicted molar refractivity (Wildman–Crippen MR) is 137 cm³/mol. The van der Waals surface area contributed by atoms with E-state index in [9.17, 15) is 9.59 Å². The summed E-state index contributed by atoms with van der Waals surface area (Å²) < 4.78 is 32.0. The lowest BCUT2D eigenvalue weighted by Gasteiger charge is -2.19. The van der Waals surface area contributed by atoms with E-state index in [1.54, 1.807) is 0 Å². The molecule has 0 aromatic rings. The monoisotopic (exact) mass is 504 g/mol. The molecule has 208 valence electrons. The van der Waals surface area contributed by atoms with Crippen LogP contribution in [0, 0.1) is 0 Å². The molecule has 0 aliphatic rings. The molecule has 0 amide bonds. The summed E-state index contributed by atoms with van der Waals surface area (Å²) in [4.78, 5) is 23.2. The molecule has 0 aromatic carbocycles. The van der Waals surface area contributed by atoms with Crippen molar-refractivity contribution in [1.82, 2.24) is 0 Å². The fourth-order valence-corrected chi connectivity index (χ4v) is 3.18. The van der Waals surface area contributed by atoms with Crippen LogP contribution in [0.25, 0.3) is 0 Å². The van der Waals surface area contributed by atoms with E-state index in [1.165, 1.54) is 44.9 Å². The third-order valence-electron chi connectivity index (χ3n) is 4.96. The Labute approximate surface area is 213 Å². The van der Waals surface area contributed by atoms with Gasteiger partial charge in [0.05, 0.1) is 59.3 Å². The van der Waals surface area contributed by atoms with Crippen LogP contribution in [0.3, 0.4) is 0 Å². The van der Waals surface area contributed by atoms with Crippen LogP contribution in [-0.4, -0.2) is 77.0 Å². The highest BCUT2D eigenvalue weighted by Crippen LogP contribution is 2.11. The Bertz CT molecular complexity index is 490. The van der Waals surface area contributed by atoms with Crippen LogP contribution >= 0.6 is 0 Å². The Morgan fingerprint density at radius 1 is 0.514 bits per heavy atom. The highest BCUT2D eigenvalue weighted by molar-refractivity contribution is 5.70. The maximum Gasteiger partial charge on any atom is 0.308 e. The number of hydrogen-bond donors (Lipinski definition) is 0. The van der Waals surface area contributed by atoms with E-state index in [4.69, 9.17) is 28.4 Å². The Balaban J connectivity index is 3.22. The molecule has 0 spiro atoms. The summed E-state index contributed by atoms with van der Waals surface area (Å²) in [7, 11) is 0. The van der Waals surface area contributed by atoms with Crippen molar-refractivity contribution in [3.63, 3.8) is 0 Å². The number of esters is 2. The van der Waals surface area contributed by atoms with Crippen molar-refractivity contribution in [2.24, 2.45) is 0 Å². The van der Waals surface area contributed by atoms with Crippen LogP contribution in [0.15, 0.2) is 0 Å². The minimum atomic E-state index is -0.468. The van der Waals surface area contributed by atoms with Crippen molar-refractivity contribution in [3.8, 4) is 0 Å². The smallest absolute Gasteiger partial charge is 0.308 e. The number of rotatable bonds is 25. The lowest BCUT2D eigenvalue weighted by Crippen LogP contribution is -2.24. The zero-order valence-corrected chi connectivity index (χ0v) is 22.9. The maximum atomic E-state index is 11.7. The van der Waals surface area contributed by atoms with Gasteiger partial charge in [0.1, 0.15) is 12.2 Å². The molecule has 0 radical (unpaired) electrons. The van der Waals surface area contributed by atoms with E-state index in [2.05, 4.69) is 6.92 Å². The average molecular weight is 505 g/mol. The van der Waals surface area contributed by atoms with Gasteiger partial charge >= 0.3 is 11.9 Å². The second kappa shape index (κ2) is 24.5. The van der Waals surface area contributed by atoms with Gasteiger partial charge in [0.2, 0.25) is 0 Å². The van der Waals surface area contributed by atoms with Gasteiger partial charge < -0.3 is 28.4 Å². The number of carbonyl (C=O) groups is 2. The van der Waals surface area contributed by atoms with Gasteiger partial charge in [-0.25, -0.2) is 0 Å². The highest BCUT2D eigenvalue weighted by atomic mass is 16.6. The zero-order valence-electron chi connectivity index (χ0n) is 22.9. The van der Waals surface area contributed by atoms with Crippen LogP contribution < -0.4 is 0 Å². The lowest BCUT2D eigenvalue weighted by molar-refractivity contribution is -0.156. The molecular weight excluding hydrogens is 452 g/mol. The van der Waals surface area contributed by atoms with Gasteiger partial charge in [-0.15, -0.1) is 0 Å². The highest BCUT2D eigenvalue weighted by Gasteiger charge is 2.15. The van der Waals surface area contributed by atoms with E-state index < -0.39 is 5.60 Å².